The van der Waals surface area contributed by atoms with Crippen LogP contribution in [0.4, 0.5) is 0 Å². The molecule has 0 radical (unpaired) electrons. The molecule has 1 aliphatic heterocycles. The average molecular weight is 353 g/mol. The Morgan fingerprint density at radius 3 is 2.81 bits per heavy atom. The maximum Gasteiger partial charge on any atom is 0.234 e. The Hall–Kier alpha value is -2.40. The topological polar surface area (TPSA) is 54.5 Å². The highest BCUT2D eigenvalue weighted by Crippen LogP contribution is 2.26. The molecule has 138 valence electrons. The van der Waals surface area contributed by atoms with Crippen LogP contribution in [0.25, 0.3) is 0 Å². The average Bonchev–Trinajstić information content (AvgIpc) is 3.09. The van der Waals surface area contributed by atoms with Crippen molar-refractivity contribution in [1.82, 2.24) is 15.2 Å². The molecule has 5 heteroatoms. The van der Waals surface area contributed by atoms with Gasteiger partial charge >= 0.3 is 0 Å². The van der Waals surface area contributed by atoms with Gasteiger partial charge in [0.15, 0.2) is 0 Å². The Balaban J connectivity index is 1.53. The van der Waals surface area contributed by atoms with Crippen molar-refractivity contribution in [2.75, 3.05) is 26.7 Å². The van der Waals surface area contributed by atoms with Crippen molar-refractivity contribution in [2.45, 2.75) is 32.7 Å². The minimum atomic E-state index is 0.0424. The molecule has 0 bridgehead atoms. The number of nitrogens with one attached hydrogen (secondary N) is 1. The lowest BCUT2D eigenvalue weighted by Crippen LogP contribution is -2.35. The summed E-state index contributed by atoms with van der Waals surface area (Å²) in [6, 6.07) is 12.6. The first-order valence-electron chi connectivity index (χ1n) is 9.12. The van der Waals surface area contributed by atoms with Gasteiger partial charge in [0, 0.05) is 24.3 Å². The van der Waals surface area contributed by atoms with E-state index in [2.05, 4.69) is 39.5 Å². The summed E-state index contributed by atoms with van der Waals surface area (Å²) >= 11 is 0. The summed E-state index contributed by atoms with van der Waals surface area (Å²) < 4.78 is 5.36. The minimum absolute atomic E-state index is 0.0424. The number of ether oxygens (including phenoxy) is 1. The molecule has 1 aliphatic rings. The highest BCUT2D eigenvalue weighted by molar-refractivity contribution is 5.78. The summed E-state index contributed by atoms with van der Waals surface area (Å²) in [4.78, 5) is 19.0. The quantitative estimate of drug-likeness (QED) is 0.868. The Labute approximate surface area is 155 Å². The van der Waals surface area contributed by atoms with Crippen molar-refractivity contribution >= 4 is 5.91 Å². The van der Waals surface area contributed by atoms with Gasteiger partial charge in [-0.1, -0.05) is 30.3 Å². The lowest BCUT2D eigenvalue weighted by molar-refractivity contribution is -0.122. The van der Waals surface area contributed by atoms with Gasteiger partial charge in [-0.05, 0) is 49.9 Å². The number of pyridine rings is 1. The Morgan fingerprint density at radius 1 is 1.31 bits per heavy atom. The van der Waals surface area contributed by atoms with Crippen LogP contribution < -0.4 is 10.1 Å². The number of hydrogen-bond donors (Lipinski definition) is 1. The second-order valence-corrected chi connectivity index (χ2v) is 6.98. The summed E-state index contributed by atoms with van der Waals surface area (Å²) in [7, 11) is 1.61. The third kappa shape index (κ3) is 4.41. The number of hydrogen-bond acceptors (Lipinski definition) is 4. The minimum Gasteiger partial charge on any atom is -0.481 e. The van der Waals surface area contributed by atoms with Crippen molar-refractivity contribution in [3.05, 3.63) is 58.8 Å². The summed E-state index contributed by atoms with van der Waals surface area (Å²) in [6.45, 7) is 6.73. The fourth-order valence-corrected chi connectivity index (χ4v) is 3.63. The van der Waals surface area contributed by atoms with E-state index < -0.39 is 0 Å². The number of methoxy groups -OCH3 is 1. The Kier molecular flexibility index (Phi) is 5.89. The van der Waals surface area contributed by atoms with Gasteiger partial charge in [0.2, 0.25) is 11.8 Å². The molecule has 1 unspecified atom stereocenters. The van der Waals surface area contributed by atoms with Crippen LogP contribution in [0.2, 0.25) is 0 Å². The van der Waals surface area contributed by atoms with Gasteiger partial charge in [0.1, 0.15) is 0 Å². The number of benzene rings is 1. The van der Waals surface area contributed by atoms with Crippen LogP contribution in [0, 0.1) is 13.8 Å². The highest BCUT2D eigenvalue weighted by atomic mass is 16.5. The molecule has 5 nitrogen and oxygen atoms in total. The van der Waals surface area contributed by atoms with Crippen LogP contribution in [-0.4, -0.2) is 42.5 Å². The van der Waals surface area contributed by atoms with Crippen molar-refractivity contribution in [1.29, 1.82) is 0 Å². The molecule has 3 rings (SSSR count). The smallest absolute Gasteiger partial charge is 0.234 e. The zero-order chi connectivity index (χ0) is 18.5. The first kappa shape index (κ1) is 18.4. The standard InChI is InChI=1S/C21H27N3O2/c1-15-11-16(2)23-21(26-3)19(15)12-22-20(25)14-24-10-9-18(13-24)17-7-5-4-6-8-17/h4-8,11,18H,9-10,12-14H2,1-3H3,(H,22,25). The fraction of sp³-hybridized carbons (Fsp3) is 0.429. The van der Waals surface area contributed by atoms with E-state index in [4.69, 9.17) is 4.74 Å². The molecule has 2 aromatic rings. The van der Waals surface area contributed by atoms with Crippen molar-refractivity contribution in [2.24, 2.45) is 0 Å². The predicted molar refractivity (Wildman–Crippen MR) is 102 cm³/mol. The number of aromatic nitrogens is 1. The van der Waals surface area contributed by atoms with E-state index in [0.717, 1.165) is 36.3 Å². The molecule has 1 fully saturated rings. The van der Waals surface area contributed by atoms with Gasteiger partial charge in [0.25, 0.3) is 0 Å². The van der Waals surface area contributed by atoms with Crippen LogP contribution in [-0.2, 0) is 11.3 Å². The van der Waals surface area contributed by atoms with E-state index in [9.17, 15) is 4.79 Å². The van der Waals surface area contributed by atoms with E-state index in [-0.39, 0.29) is 5.91 Å². The van der Waals surface area contributed by atoms with Crippen LogP contribution in [0.1, 0.15) is 34.7 Å². The fourth-order valence-electron chi connectivity index (χ4n) is 3.63. The number of nitrogens with zero attached hydrogens (tertiary/aromatic N) is 2. The third-order valence-corrected chi connectivity index (χ3v) is 5.00. The molecule has 0 aliphatic carbocycles. The first-order chi connectivity index (χ1) is 12.6. The SMILES string of the molecule is COc1nc(C)cc(C)c1CNC(=O)CN1CCC(c2ccccc2)C1. The number of amides is 1. The Bertz CT molecular complexity index is 761. The summed E-state index contributed by atoms with van der Waals surface area (Å²) in [5, 5.41) is 3.01. The molecular weight excluding hydrogens is 326 g/mol. The zero-order valence-electron chi connectivity index (χ0n) is 15.8. The molecule has 1 aromatic carbocycles. The number of carbonyl (C=O) groups excluding carboxylic acids is 1. The molecule has 1 N–H and O–H groups in total. The second kappa shape index (κ2) is 8.32. The van der Waals surface area contributed by atoms with Gasteiger partial charge in [-0.25, -0.2) is 4.98 Å². The van der Waals surface area contributed by atoms with E-state index in [1.54, 1.807) is 7.11 Å². The molecule has 1 amide bonds. The van der Waals surface area contributed by atoms with Gasteiger partial charge in [-0.2, -0.15) is 0 Å². The number of aryl methyl sites for hydroxylation is 2. The molecular formula is C21H27N3O2. The van der Waals surface area contributed by atoms with E-state index >= 15 is 0 Å². The van der Waals surface area contributed by atoms with Crippen molar-refractivity contribution in [3.8, 4) is 5.88 Å². The van der Waals surface area contributed by atoms with Gasteiger partial charge in [-0.3, -0.25) is 9.69 Å². The largest absolute Gasteiger partial charge is 0.481 e. The molecule has 26 heavy (non-hydrogen) atoms. The van der Waals surface area contributed by atoms with E-state index in [1.165, 1.54) is 5.56 Å². The van der Waals surface area contributed by atoms with Crippen molar-refractivity contribution in [3.63, 3.8) is 0 Å². The summed E-state index contributed by atoms with van der Waals surface area (Å²) in [5.74, 6) is 1.15. The van der Waals surface area contributed by atoms with Gasteiger partial charge < -0.3 is 10.1 Å². The summed E-state index contributed by atoms with van der Waals surface area (Å²) in [5.41, 5.74) is 4.30. The number of carbonyl (C=O) groups is 1. The van der Waals surface area contributed by atoms with Crippen LogP contribution >= 0.6 is 0 Å². The lowest BCUT2D eigenvalue weighted by Gasteiger charge is -2.17. The predicted octanol–water partition coefficient (Wildman–Crippen LogP) is 2.81. The third-order valence-electron chi connectivity index (χ3n) is 5.00. The normalized spacial score (nSPS) is 17.3. The van der Waals surface area contributed by atoms with Crippen LogP contribution in [0.15, 0.2) is 36.4 Å². The maximum absolute atomic E-state index is 12.4. The first-order valence-corrected chi connectivity index (χ1v) is 9.12. The zero-order valence-corrected chi connectivity index (χ0v) is 15.8. The summed E-state index contributed by atoms with van der Waals surface area (Å²) in [6.07, 6.45) is 1.10. The molecule has 0 saturated carbocycles. The monoisotopic (exact) mass is 353 g/mol. The van der Waals surface area contributed by atoms with Gasteiger partial charge in [0.05, 0.1) is 13.7 Å². The molecule has 2 heterocycles. The number of rotatable bonds is 6. The lowest BCUT2D eigenvalue weighted by atomic mass is 9.99. The molecule has 1 saturated heterocycles. The Morgan fingerprint density at radius 2 is 2.08 bits per heavy atom. The second-order valence-electron chi connectivity index (χ2n) is 6.98. The molecule has 1 atom stereocenters. The van der Waals surface area contributed by atoms with Crippen LogP contribution in [0.3, 0.4) is 0 Å². The highest BCUT2D eigenvalue weighted by Gasteiger charge is 2.25. The number of likely N-dealkylation sites (tertiary alicyclic amines) is 1. The van der Waals surface area contributed by atoms with E-state index in [1.807, 2.05) is 26.0 Å². The van der Waals surface area contributed by atoms with Crippen LogP contribution in [0.5, 0.6) is 5.88 Å². The van der Waals surface area contributed by atoms with Gasteiger partial charge in [-0.15, -0.1) is 0 Å². The van der Waals surface area contributed by atoms with Crippen molar-refractivity contribution < 1.29 is 9.53 Å². The molecule has 1 aromatic heterocycles. The maximum atomic E-state index is 12.4. The molecule has 0 spiro atoms. The van der Waals surface area contributed by atoms with E-state index in [0.29, 0.717) is 24.9 Å².